The van der Waals surface area contributed by atoms with E-state index in [2.05, 4.69) is 9.98 Å². The van der Waals surface area contributed by atoms with Crippen LogP contribution >= 0.6 is 0 Å². The second-order valence-corrected chi connectivity index (χ2v) is 4.46. The molecule has 0 unspecified atom stereocenters. The minimum absolute atomic E-state index is 0.0549. The fourth-order valence-electron chi connectivity index (χ4n) is 1.36. The van der Waals surface area contributed by atoms with Gasteiger partial charge in [0.05, 0.1) is 0 Å². The summed E-state index contributed by atoms with van der Waals surface area (Å²) >= 11 is 0. The highest BCUT2D eigenvalue weighted by molar-refractivity contribution is 5.83. The number of likely N-dealkylation sites (N-methyl/N-ethyl adjacent to an activating group) is 1. The van der Waals surface area contributed by atoms with Crippen molar-refractivity contribution >= 4 is 11.9 Å². The van der Waals surface area contributed by atoms with E-state index in [9.17, 15) is 4.79 Å². The van der Waals surface area contributed by atoms with Crippen LogP contribution in [-0.2, 0) is 11.2 Å². The summed E-state index contributed by atoms with van der Waals surface area (Å²) in [6.07, 6.45) is 2.48. The van der Waals surface area contributed by atoms with Gasteiger partial charge in [0, 0.05) is 46.0 Å². The number of aliphatic imine (C=N–C) groups is 1. The van der Waals surface area contributed by atoms with Gasteiger partial charge in [-0.2, -0.15) is 0 Å². The normalized spacial score (nSPS) is 11.2. The lowest BCUT2D eigenvalue weighted by molar-refractivity contribution is -0.128. The standard InChI is InChI=1S/C13H21N5O/c1-17(2)13(14)16-10-12(19)18(3)9-7-11-6-4-5-8-15-11/h4-6,8H,7,9-10H2,1-3H3,(H2,14,16). The molecule has 6 nitrogen and oxygen atoms in total. The van der Waals surface area contributed by atoms with E-state index in [0.717, 1.165) is 12.1 Å². The Labute approximate surface area is 113 Å². The lowest BCUT2D eigenvalue weighted by Crippen LogP contribution is -2.34. The first-order valence-corrected chi connectivity index (χ1v) is 6.12. The molecule has 0 saturated heterocycles. The lowest BCUT2D eigenvalue weighted by atomic mass is 10.2. The molecule has 19 heavy (non-hydrogen) atoms. The number of amides is 1. The number of rotatable bonds is 5. The molecule has 0 bridgehead atoms. The average Bonchev–Trinajstić information content (AvgIpc) is 2.42. The molecule has 0 aliphatic rings. The minimum Gasteiger partial charge on any atom is -0.370 e. The van der Waals surface area contributed by atoms with E-state index in [1.807, 2.05) is 18.2 Å². The maximum absolute atomic E-state index is 11.8. The molecular formula is C13H21N5O. The fraction of sp³-hybridized carbons (Fsp3) is 0.462. The zero-order valence-electron chi connectivity index (χ0n) is 11.7. The van der Waals surface area contributed by atoms with Gasteiger partial charge in [0.1, 0.15) is 6.54 Å². The van der Waals surface area contributed by atoms with Crippen molar-refractivity contribution in [2.24, 2.45) is 10.7 Å². The summed E-state index contributed by atoms with van der Waals surface area (Å²) in [7, 11) is 5.33. The fourth-order valence-corrected chi connectivity index (χ4v) is 1.36. The van der Waals surface area contributed by atoms with Gasteiger partial charge in [0.25, 0.3) is 0 Å². The van der Waals surface area contributed by atoms with E-state index in [1.54, 1.807) is 37.1 Å². The van der Waals surface area contributed by atoms with Gasteiger partial charge >= 0.3 is 0 Å². The molecule has 0 fully saturated rings. The SMILES string of the molecule is CN(C)C(N)=NCC(=O)N(C)CCc1ccccn1. The molecule has 0 aliphatic carbocycles. The van der Waals surface area contributed by atoms with Gasteiger partial charge in [-0.1, -0.05) is 6.07 Å². The van der Waals surface area contributed by atoms with Gasteiger partial charge in [-0.3, -0.25) is 9.78 Å². The monoisotopic (exact) mass is 263 g/mol. The molecule has 0 aromatic carbocycles. The Hall–Kier alpha value is -2.11. The van der Waals surface area contributed by atoms with Gasteiger partial charge in [0.2, 0.25) is 5.91 Å². The summed E-state index contributed by atoms with van der Waals surface area (Å²) < 4.78 is 0. The molecule has 0 spiro atoms. The first kappa shape index (κ1) is 14.9. The number of nitrogens with two attached hydrogens (primary N) is 1. The van der Waals surface area contributed by atoms with Gasteiger partial charge in [-0.05, 0) is 12.1 Å². The van der Waals surface area contributed by atoms with Crippen LogP contribution < -0.4 is 5.73 Å². The molecule has 2 N–H and O–H groups in total. The van der Waals surface area contributed by atoms with Crippen molar-refractivity contribution in [1.29, 1.82) is 0 Å². The van der Waals surface area contributed by atoms with Crippen LogP contribution in [-0.4, -0.2) is 60.9 Å². The third kappa shape index (κ3) is 5.37. The Balaban J connectivity index is 2.39. The Kier molecular flexibility index (Phi) is 5.78. The number of pyridine rings is 1. The van der Waals surface area contributed by atoms with Crippen molar-refractivity contribution in [2.75, 3.05) is 34.2 Å². The molecular weight excluding hydrogens is 242 g/mol. The van der Waals surface area contributed by atoms with E-state index in [0.29, 0.717) is 12.5 Å². The number of carbonyl (C=O) groups is 1. The predicted octanol–water partition coefficient (Wildman–Crippen LogP) is -0.0412. The van der Waals surface area contributed by atoms with Crippen molar-refractivity contribution in [3.8, 4) is 0 Å². The summed E-state index contributed by atoms with van der Waals surface area (Å²) in [5, 5.41) is 0. The van der Waals surface area contributed by atoms with E-state index in [1.165, 1.54) is 0 Å². The number of hydrogen-bond acceptors (Lipinski definition) is 3. The summed E-state index contributed by atoms with van der Waals surface area (Å²) in [6.45, 7) is 0.690. The van der Waals surface area contributed by atoms with Crippen molar-refractivity contribution in [3.05, 3.63) is 30.1 Å². The number of nitrogens with zero attached hydrogens (tertiary/aromatic N) is 4. The topological polar surface area (TPSA) is 74.8 Å². The van der Waals surface area contributed by atoms with E-state index in [4.69, 9.17) is 5.73 Å². The van der Waals surface area contributed by atoms with Crippen LogP contribution in [0, 0.1) is 0 Å². The number of aromatic nitrogens is 1. The van der Waals surface area contributed by atoms with Crippen LogP contribution in [0.2, 0.25) is 0 Å². The van der Waals surface area contributed by atoms with Crippen molar-refractivity contribution in [2.45, 2.75) is 6.42 Å². The summed E-state index contributed by atoms with van der Waals surface area (Å²) in [4.78, 5) is 23.4. The maximum Gasteiger partial charge on any atom is 0.244 e. The van der Waals surface area contributed by atoms with E-state index in [-0.39, 0.29) is 12.5 Å². The van der Waals surface area contributed by atoms with Crippen LogP contribution in [0.15, 0.2) is 29.4 Å². The predicted molar refractivity (Wildman–Crippen MR) is 75.8 cm³/mol. The van der Waals surface area contributed by atoms with E-state index < -0.39 is 0 Å². The van der Waals surface area contributed by atoms with Crippen molar-refractivity contribution in [1.82, 2.24) is 14.8 Å². The van der Waals surface area contributed by atoms with Gasteiger partial charge in [0.15, 0.2) is 5.96 Å². The van der Waals surface area contributed by atoms with Crippen LogP contribution in [0.25, 0.3) is 0 Å². The highest BCUT2D eigenvalue weighted by Crippen LogP contribution is 1.97. The third-order valence-corrected chi connectivity index (χ3v) is 2.69. The Bertz CT molecular complexity index is 430. The number of carbonyl (C=O) groups excluding carboxylic acids is 1. The smallest absolute Gasteiger partial charge is 0.244 e. The second-order valence-electron chi connectivity index (χ2n) is 4.46. The first-order chi connectivity index (χ1) is 9.00. The number of hydrogen-bond donors (Lipinski definition) is 1. The Morgan fingerprint density at radius 3 is 2.68 bits per heavy atom. The molecule has 1 heterocycles. The van der Waals surface area contributed by atoms with Crippen molar-refractivity contribution < 1.29 is 4.79 Å². The molecule has 1 rings (SSSR count). The third-order valence-electron chi connectivity index (χ3n) is 2.69. The summed E-state index contributed by atoms with van der Waals surface area (Å²) in [5.41, 5.74) is 6.60. The largest absolute Gasteiger partial charge is 0.370 e. The minimum atomic E-state index is -0.0549. The van der Waals surface area contributed by atoms with Gasteiger partial charge in [-0.15, -0.1) is 0 Å². The zero-order valence-corrected chi connectivity index (χ0v) is 11.7. The highest BCUT2D eigenvalue weighted by atomic mass is 16.2. The van der Waals surface area contributed by atoms with Gasteiger partial charge < -0.3 is 15.5 Å². The maximum atomic E-state index is 11.8. The molecule has 1 aromatic heterocycles. The van der Waals surface area contributed by atoms with Crippen LogP contribution in [0.5, 0.6) is 0 Å². The lowest BCUT2D eigenvalue weighted by Gasteiger charge is -2.16. The highest BCUT2D eigenvalue weighted by Gasteiger charge is 2.08. The van der Waals surface area contributed by atoms with Crippen LogP contribution in [0.1, 0.15) is 5.69 Å². The number of guanidine groups is 1. The molecule has 0 radical (unpaired) electrons. The molecule has 1 aromatic rings. The van der Waals surface area contributed by atoms with Gasteiger partial charge in [-0.25, -0.2) is 4.99 Å². The van der Waals surface area contributed by atoms with Crippen LogP contribution in [0.4, 0.5) is 0 Å². The molecule has 6 heteroatoms. The molecule has 0 atom stereocenters. The Morgan fingerprint density at radius 1 is 1.37 bits per heavy atom. The summed E-state index contributed by atoms with van der Waals surface area (Å²) in [6, 6.07) is 5.75. The molecule has 0 saturated carbocycles. The van der Waals surface area contributed by atoms with Crippen LogP contribution in [0.3, 0.4) is 0 Å². The summed E-state index contributed by atoms with van der Waals surface area (Å²) in [5.74, 6) is 0.298. The Morgan fingerprint density at radius 2 is 2.11 bits per heavy atom. The van der Waals surface area contributed by atoms with Crippen molar-refractivity contribution in [3.63, 3.8) is 0 Å². The zero-order chi connectivity index (χ0) is 14.3. The second kappa shape index (κ2) is 7.35. The average molecular weight is 263 g/mol. The molecule has 1 amide bonds. The quantitative estimate of drug-likeness (QED) is 0.597. The molecule has 104 valence electrons. The van der Waals surface area contributed by atoms with E-state index >= 15 is 0 Å². The first-order valence-electron chi connectivity index (χ1n) is 6.12. The molecule has 0 aliphatic heterocycles.